The lowest BCUT2D eigenvalue weighted by atomic mass is 9.80. The number of hydrogen-bond donors (Lipinski definition) is 0. The highest BCUT2D eigenvalue weighted by atomic mass is 79.9. The lowest BCUT2D eigenvalue weighted by Crippen LogP contribution is -2.25. The summed E-state index contributed by atoms with van der Waals surface area (Å²) in [5.41, 5.74) is 0.967. The number of benzene rings is 2. The van der Waals surface area contributed by atoms with Crippen molar-refractivity contribution in [3.63, 3.8) is 0 Å². The molecular formula is C19H17BrO. The molecule has 21 heavy (non-hydrogen) atoms. The van der Waals surface area contributed by atoms with E-state index in [2.05, 4.69) is 27.8 Å². The molecule has 0 saturated carbocycles. The van der Waals surface area contributed by atoms with Gasteiger partial charge in [-0.3, -0.25) is 4.79 Å². The summed E-state index contributed by atoms with van der Waals surface area (Å²) in [6.45, 7) is 3.91. The molecule has 0 amide bonds. The van der Waals surface area contributed by atoms with Crippen LogP contribution in [0.25, 0.3) is 0 Å². The summed E-state index contributed by atoms with van der Waals surface area (Å²) in [7, 11) is 0. The number of hydrogen-bond acceptors (Lipinski definition) is 1. The van der Waals surface area contributed by atoms with Gasteiger partial charge in [0.15, 0.2) is 5.78 Å². The Balaban J connectivity index is 2.31. The van der Waals surface area contributed by atoms with Crippen molar-refractivity contribution in [2.24, 2.45) is 5.41 Å². The van der Waals surface area contributed by atoms with E-state index < -0.39 is 5.41 Å². The fourth-order valence-corrected chi connectivity index (χ4v) is 2.22. The molecule has 0 aliphatic carbocycles. The molecule has 0 aliphatic heterocycles. The largest absolute Gasteiger partial charge is 0.292 e. The highest BCUT2D eigenvalue weighted by Crippen LogP contribution is 2.26. The Morgan fingerprint density at radius 2 is 1.71 bits per heavy atom. The Hall–Kier alpha value is -1.85. The summed E-state index contributed by atoms with van der Waals surface area (Å²) in [5, 5.41) is 0. The molecule has 0 spiro atoms. The summed E-state index contributed by atoms with van der Waals surface area (Å²) in [5.74, 6) is 6.35. The van der Waals surface area contributed by atoms with Gasteiger partial charge in [-0.15, -0.1) is 0 Å². The summed E-state index contributed by atoms with van der Waals surface area (Å²) >= 11 is 3.38. The number of carbonyl (C=O) groups is 1. The Morgan fingerprint density at radius 1 is 1.10 bits per heavy atom. The summed E-state index contributed by atoms with van der Waals surface area (Å²) < 4.78 is 0.965. The summed E-state index contributed by atoms with van der Waals surface area (Å²) in [6.07, 6.45) is 0.682. The van der Waals surface area contributed by atoms with Crippen LogP contribution in [-0.4, -0.2) is 5.78 Å². The molecular weight excluding hydrogens is 324 g/mol. The third kappa shape index (κ3) is 3.83. The second kappa shape index (κ2) is 6.74. The smallest absolute Gasteiger partial charge is 0.180 e. The van der Waals surface area contributed by atoms with E-state index >= 15 is 0 Å². The van der Waals surface area contributed by atoms with E-state index in [0.717, 1.165) is 10.0 Å². The zero-order valence-electron chi connectivity index (χ0n) is 12.2. The molecule has 2 aromatic carbocycles. The van der Waals surface area contributed by atoms with Crippen LogP contribution in [-0.2, 0) is 0 Å². The Kier molecular flexibility index (Phi) is 4.98. The molecule has 0 saturated heterocycles. The van der Waals surface area contributed by atoms with Crippen LogP contribution in [0.2, 0.25) is 0 Å². The van der Waals surface area contributed by atoms with E-state index in [1.807, 2.05) is 68.4 Å². The van der Waals surface area contributed by atoms with E-state index in [1.165, 1.54) is 0 Å². The van der Waals surface area contributed by atoms with Crippen molar-refractivity contribution in [3.8, 4) is 11.8 Å². The number of carbonyl (C=O) groups excluding carboxylic acids is 1. The number of Topliss-reactive ketones (excluding diaryl/α,β-unsaturated/α-hetero) is 1. The monoisotopic (exact) mass is 340 g/mol. The summed E-state index contributed by atoms with van der Waals surface area (Å²) in [6, 6.07) is 17.2. The Labute approximate surface area is 134 Å². The van der Waals surface area contributed by atoms with Crippen LogP contribution in [0.3, 0.4) is 0 Å². The second-order valence-electron chi connectivity index (χ2n) is 5.14. The first-order valence-electron chi connectivity index (χ1n) is 6.94. The van der Waals surface area contributed by atoms with E-state index in [9.17, 15) is 4.79 Å². The minimum absolute atomic E-state index is 0.0703. The number of ketones is 1. The lowest BCUT2D eigenvalue weighted by Gasteiger charge is -2.20. The van der Waals surface area contributed by atoms with Gasteiger partial charge in [-0.2, -0.15) is 0 Å². The van der Waals surface area contributed by atoms with Crippen LogP contribution in [0.4, 0.5) is 0 Å². The van der Waals surface area contributed by atoms with E-state index in [0.29, 0.717) is 12.0 Å². The van der Waals surface area contributed by atoms with Crippen LogP contribution >= 0.6 is 15.9 Å². The second-order valence-corrected chi connectivity index (χ2v) is 6.05. The molecule has 0 radical (unpaired) electrons. The molecule has 2 heteroatoms. The molecule has 0 fully saturated rings. The topological polar surface area (TPSA) is 17.1 Å². The maximum Gasteiger partial charge on any atom is 0.180 e. The molecule has 1 unspecified atom stereocenters. The quantitative estimate of drug-likeness (QED) is 0.561. The van der Waals surface area contributed by atoms with Crippen molar-refractivity contribution in [2.45, 2.75) is 20.3 Å². The predicted octanol–water partition coefficient (Wildman–Crippen LogP) is 5.10. The van der Waals surface area contributed by atoms with Gasteiger partial charge in [-0.1, -0.05) is 65.0 Å². The van der Waals surface area contributed by atoms with Crippen LogP contribution in [0.1, 0.15) is 36.2 Å². The van der Waals surface area contributed by atoms with Crippen molar-refractivity contribution >= 4 is 21.7 Å². The first-order chi connectivity index (χ1) is 10.0. The first kappa shape index (κ1) is 15.5. The van der Waals surface area contributed by atoms with Crippen molar-refractivity contribution in [1.82, 2.24) is 0 Å². The maximum absolute atomic E-state index is 12.7. The van der Waals surface area contributed by atoms with Gasteiger partial charge in [-0.25, -0.2) is 0 Å². The van der Waals surface area contributed by atoms with Crippen molar-refractivity contribution in [2.75, 3.05) is 0 Å². The van der Waals surface area contributed by atoms with Crippen LogP contribution < -0.4 is 0 Å². The molecule has 1 nitrogen and oxygen atoms in total. The molecule has 0 aromatic heterocycles. The maximum atomic E-state index is 12.7. The van der Waals surface area contributed by atoms with E-state index in [-0.39, 0.29) is 5.78 Å². The molecule has 1 atom stereocenters. The fraction of sp³-hybridized carbons (Fsp3) is 0.211. The van der Waals surface area contributed by atoms with Gasteiger partial charge in [0, 0.05) is 15.6 Å². The van der Waals surface area contributed by atoms with Crippen LogP contribution in [0.15, 0.2) is 59.1 Å². The zero-order chi connectivity index (χ0) is 15.3. The minimum atomic E-state index is -0.663. The van der Waals surface area contributed by atoms with Gasteiger partial charge in [0.2, 0.25) is 0 Å². The SMILES string of the molecule is CCC(C)(C#Cc1ccccc1)C(=O)c1ccc(Br)cc1. The van der Waals surface area contributed by atoms with Crippen molar-refractivity contribution < 1.29 is 4.79 Å². The third-order valence-electron chi connectivity index (χ3n) is 3.57. The van der Waals surface area contributed by atoms with Gasteiger partial charge in [0.1, 0.15) is 0 Å². The van der Waals surface area contributed by atoms with Gasteiger partial charge in [0.05, 0.1) is 5.41 Å². The molecule has 106 valence electrons. The third-order valence-corrected chi connectivity index (χ3v) is 4.10. The molecule has 0 heterocycles. The molecule has 2 aromatic rings. The minimum Gasteiger partial charge on any atom is -0.292 e. The normalized spacial score (nSPS) is 12.9. The summed E-state index contributed by atoms with van der Waals surface area (Å²) in [4.78, 5) is 12.7. The molecule has 0 aliphatic rings. The number of halogens is 1. The van der Waals surface area contributed by atoms with Crippen LogP contribution in [0.5, 0.6) is 0 Å². The Morgan fingerprint density at radius 3 is 2.29 bits per heavy atom. The van der Waals surface area contributed by atoms with Gasteiger partial charge in [-0.05, 0) is 37.6 Å². The molecule has 2 rings (SSSR count). The van der Waals surface area contributed by atoms with E-state index in [1.54, 1.807) is 0 Å². The lowest BCUT2D eigenvalue weighted by molar-refractivity contribution is 0.0874. The van der Waals surface area contributed by atoms with Gasteiger partial charge < -0.3 is 0 Å². The van der Waals surface area contributed by atoms with Crippen molar-refractivity contribution in [3.05, 3.63) is 70.2 Å². The average molecular weight is 341 g/mol. The first-order valence-corrected chi connectivity index (χ1v) is 7.73. The fourth-order valence-electron chi connectivity index (χ4n) is 1.96. The zero-order valence-corrected chi connectivity index (χ0v) is 13.8. The standard InChI is InChI=1S/C19H17BrO/c1-3-19(2,14-13-15-7-5-4-6-8-15)18(21)16-9-11-17(20)12-10-16/h4-12H,3H2,1-2H3. The number of rotatable bonds is 3. The predicted molar refractivity (Wildman–Crippen MR) is 90.2 cm³/mol. The Bertz CT molecular complexity index is 677. The van der Waals surface area contributed by atoms with E-state index in [4.69, 9.17) is 0 Å². The van der Waals surface area contributed by atoms with Crippen LogP contribution in [0, 0.1) is 17.3 Å². The average Bonchev–Trinajstić information content (AvgIpc) is 2.53. The van der Waals surface area contributed by atoms with Gasteiger partial charge >= 0.3 is 0 Å². The highest BCUT2D eigenvalue weighted by Gasteiger charge is 2.30. The van der Waals surface area contributed by atoms with Crippen molar-refractivity contribution in [1.29, 1.82) is 0 Å². The highest BCUT2D eigenvalue weighted by molar-refractivity contribution is 9.10. The van der Waals surface area contributed by atoms with Gasteiger partial charge in [0.25, 0.3) is 0 Å². The molecule has 0 N–H and O–H groups in total. The molecule has 0 bridgehead atoms.